The molecule has 102 valence electrons. The number of carbonyl (C=O) groups is 2. The van der Waals surface area contributed by atoms with Crippen LogP contribution in [0.15, 0.2) is 24.3 Å². The first-order chi connectivity index (χ1) is 9.08. The van der Waals surface area contributed by atoms with Gasteiger partial charge in [0, 0.05) is 32.1 Å². The molecule has 1 aromatic carbocycles. The molecular weight excluding hydrogens is 240 g/mol. The van der Waals surface area contributed by atoms with E-state index in [2.05, 4.69) is 18.3 Å². The van der Waals surface area contributed by atoms with E-state index in [-0.39, 0.29) is 11.8 Å². The monoisotopic (exact) mass is 260 g/mol. The standard InChI is InChI=1S/C15H20N2O2/c1-11-9-13-5-3-4-6-14(13)17(10-11)15(19)7-8-16-12(2)18/h3-6,11H,7-10H2,1-2H3,(H,16,18). The van der Waals surface area contributed by atoms with Gasteiger partial charge in [0.15, 0.2) is 0 Å². The minimum Gasteiger partial charge on any atom is -0.356 e. The molecule has 0 saturated heterocycles. The maximum Gasteiger partial charge on any atom is 0.228 e. The zero-order valence-corrected chi connectivity index (χ0v) is 11.5. The average Bonchev–Trinajstić information content (AvgIpc) is 2.37. The van der Waals surface area contributed by atoms with Crippen molar-refractivity contribution in [2.75, 3.05) is 18.0 Å². The Bertz CT molecular complexity index is 485. The van der Waals surface area contributed by atoms with E-state index in [1.54, 1.807) is 0 Å². The van der Waals surface area contributed by atoms with Gasteiger partial charge >= 0.3 is 0 Å². The number of para-hydroxylation sites is 1. The minimum atomic E-state index is -0.0970. The van der Waals surface area contributed by atoms with Crippen molar-refractivity contribution in [3.63, 3.8) is 0 Å². The van der Waals surface area contributed by atoms with Gasteiger partial charge in [0.05, 0.1) is 0 Å². The number of hydrogen-bond acceptors (Lipinski definition) is 2. The van der Waals surface area contributed by atoms with E-state index in [9.17, 15) is 9.59 Å². The van der Waals surface area contributed by atoms with Gasteiger partial charge in [0.2, 0.25) is 11.8 Å². The van der Waals surface area contributed by atoms with Gasteiger partial charge in [-0.25, -0.2) is 0 Å². The van der Waals surface area contributed by atoms with Gasteiger partial charge in [-0.2, -0.15) is 0 Å². The van der Waals surface area contributed by atoms with Crippen molar-refractivity contribution < 1.29 is 9.59 Å². The van der Waals surface area contributed by atoms with Crippen molar-refractivity contribution in [2.45, 2.75) is 26.7 Å². The number of hydrogen-bond donors (Lipinski definition) is 1. The van der Waals surface area contributed by atoms with Crippen LogP contribution in [-0.2, 0) is 16.0 Å². The van der Waals surface area contributed by atoms with Gasteiger partial charge in [0.25, 0.3) is 0 Å². The van der Waals surface area contributed by atoms with Crippen LogP contribution in [0.1, 0.15) is 25.8 Å². The lowest BCUT2D eigenvalue weighted by Crippen LogP contribution is -2.40. The summed E-state index contributed by atoms with van der Waals surface area (Å²) < 4.78 is 0. The molecule has 2 rings (SSSR count). The van der Waals surface area contributed by atoms with E-state index >= 15 is 0 Å². The summed E-state index contributed by atoms with van der Waals surface area (Å²) in [6, 6.07) is 8.05. The number of rotatable bonds is 3. The van der Waals surface area contributed by atoms with Crippen molar-refractivity contribution in [3.05, 3.63) is 29.8 Å². The Morgan fingerprint density at radius 1 is 1.37 bits per heavy atom. The van der Waals surface area contributed by atoms with Crippen molar-refractivity contribution >= 4 is 17.5 Å². The number of carbonyl (C=O) groups excluding carboxylic acids is 2. The second-order valence-electron chi connectivity index (χ2n) is 5.18. The highest BCUT2D eigenvalue weighted by Crippen LogP contribution is 2.29. The molecule has 1 unspecified atom stereocenters. The van der Waals surface area contributed by atoms with Crippen LogP contribution in [0, 0.1) is 5.92 Å². The lowest BCUT2D eigenvalue weighted by molar-refractivity contribution is -0.120. The third-order valence-corrected chi connectivity index (χ3v) is 3.36. The smallest absolute Gasteiger partial charge is 0.228 e. The second-order valence-corrected chi connectivity index (χ2v) is 5.18. The Hall–Kier alpha value is -1.84. The van der Waals surface area contributed by atoms with Crippen LogP contribution in [0.4, 0.5) is 5.69 Å². The summed E-state index contributed by atoms with van der Waals surface area (Å²) in [5, 5.41) is 2.66. The number of anilines is 1. The highest BCUT2D eigenvalue weighted by molar-refractivity contribution is 5.95. The molecule has 1 aliphatic rings. The van der Waals surface area contributed by atoms with Crippen LogP contribution in [-0.4, -0.2) is 24.9 Å². The maximum absolute atomic E-state index is 12.3. The third kappa shape index (κ3) is 3.34. The highest BCUT2D eigenvalue weighted by atomic mass is 16.2. The van der Waals surface area contributed by atoms with Crippen LogP contribution >= 0.6 is 0 Å². The van der Waals surface area contributed by atoms with Gasteiger partial charge in [-0.15, -0.1) is 0 Å². The summed E-state index contributed by atoms with van der Waals surface area (Å²) in [7, 11) is 0. The number of nitrogens with zero attached hydrogens (tertiary/aromatic N) is 1. The van der Waals surface area contributed by atoms with Crippen LogP contribution in [0.5, 0.6) is 0 Å². The molecule has 1 heterocycles. The number of benzene rings is 1. The van der Waals surface area contributed by atoms with E-state index in [0.29, 0.717) is 18.9 Å². The Balaban J connectivity index is 2.07. The van der Waals surface area contributed by atoms with Crippen LogP contribution < -0.4 is 10.2 Å². The van der Waals surface area contributed by atoms with E-state index in [4.69, 9.17) is 0 Å². The van der Waals surface area contributed by atoms with Crippen molar-refractivity contribution in [1.82, 2.24) is 5.32 Å². The molecule has 1 aliphatic heterocycles. The van der Waals surface area contributed by atoms with Crippen molar-refractivity contribution in [3.8, 4) is 0 Å². The quantitative estimate of drug-likeness (QED) is 0.900. The summed E-state index contributed by atoms with van der Waals surface area (Å²) in [6.45, 7) is 4.78. The Morgan fingerprint density at radius 3 is 2.84 bits per heavy atom. The molecular formula is C15H20N2O2. The fourth-order valence-corrected chi connectivity index (χ4v) is 2.51. The molecule has 0 aliphatic carbocycles. The first-order valence-electron chi connectivity index (χ1n) is 6.70. The Labute approximate surface area is 113 Å². The SMILES string of the molecule is CC(=O)NCCC(=O)N1CC(C)Cc2ccccc21. The van der Waals surface area contributed by atoms with Gasteiger partial charge in [-0.3, -0.25) is 9.59 Å². The maximum atomic E-state index is 12.3. The van der Waals surface area contributed by atoms with Gasteiger partial charge in [-0.05, 0) is 24.0 Å². The van der Waals surface area contributed by atoms with Gasteiger partial charge in [0.1, 0.15) is 0 Å². The molecule has 1 N–H and O–H groups in total. The van der Waals surface area contributed by atoms with Gasteiger partial charge in [-0.1, -0.05) is 25.1 Å². The Morgan fingerprint density at radius 2 is 2.11 bits per heavy atom. The molecule has 2 amide bonds. The summed E-state index contributed by atoms with van der Waals surface area (Å²) in [5.41, 5.74) is 2.25. The van der Waals surface area contributed by atoms with Crippen molar-refractivity contribution in [1.29, 1.82) is 0 Å². The molecule has 4 nitrogen and oxygen atoms in total. The molecule has 0 bridgehead atoms. The fourth-order valence-electron chi connectivity index (χ4n) is 2.51. The van der Waals surface area contributed by atoms with E-state index in [1.165, 1.54) is 12.5 Å². The van der Waals surface area contributed by atoms with Crippen molar-refractivity contribution in [2.24, 2.45) is 5.92 Å². The lowest BCUT2D eigenvalue weighted by Gasteiger charge is -2.33. The molecule has 1 aromatic rings. The van der Waals surface area contributed by atoms with Crippen LogP contribution in [0.2, 0.25) is 0 Å². The summed E-state index contributed by atoms with van der Waals surface area (Å²) >= 11 is 0. The van der Waals surface area contributed by atoms with E-state index in [0.717, 1.165) is 18.7 Å². The third-order valence-electron chi connectivity index (χ3n) is 3.36. The molecule has 4 heteroatoms. The van der Waals surface area contributed by atoms with E-state index < -0.39 is 0 Å². The summed E-state index contributed by atoms with van der Waals surface area (Å²) in [6.07, 6.45) is 1.37. The summed E-state index contributed by atoms with van der Waals surface area (Å²) in [4.78, 5) is 24.9. The zero-order chi connectivity index (χ0) is 13.8. The number of nitrogens with one attached hydrogen (secondary N) is 1. The first-order valence-corrected chi connectivity index (χ1v) is 6.70. The largest absolute Gasteiger partial charge is 0.356 e. The topological polar surface area (TPSA) is 49.4 Å². The fraction of sp³-hybridized carbons (Fsp3) is 0.467. The zero-order valence-electron chi connectivity index (χ0n) is 11.5. The van der Waals surface area contributed by atoms with Crippen LogP contribution in [0.25, 0.3) is 0 Å². The average molecular weight is 260 g/mol. The molecule has 0 aromatic heterocycles. The first kappa shape index (κ1) is 13.6. The predicted molar refractivity (Wildman–Crippen MR) is 75.0 cm³/mol. The molecule has 1 atom stereocenters. The normalized spacial score (nSPS) is 17.8. The molecule has 0 spiro atoms. The van der Waals surface area contributed by atoms with E-state index in [1.807, 2.05) is 23.1 Å². The van der Waals surface area contributed by atoms with Crippen LogP contribution in [0.3, 0.4) is 0 Å². The lowest BCUT2D eigenvalue weighted by atomic mass is 9.93. The molecule has 0 fully saturated rings. The highest BCUT2D eigenvalue weighted by Gasteiger charge is 2.25. The van der Waals surface area contributed by atoms with Gasteiger partial charge < -0.3 is 10.2 Å². The minimum absolute atomic E-state index is 0.0766. The Kier molecular flexibility index (Phi) is 4.20. The molecule has 0 radical (unpaired) electrons. The summed E-state index contributed by atoms with van der Waals surface area (Å²) in [5.74, 6) is 0.451. The number of fused-ring (bicyclic) bond motifs is 1. The predicted octanol–water partition coefficient (Wildman–Crippen LogP) is 1.74. The molecule has 19 heavy (non-hydrogen) atoms. The number of amides is 2. The molecule has 0 saturated carbocycles. The second kappa shape index (κ2) is 5.87.